The van der Waals surface area contributed by atoms with E-state index in [2.05, 4.69) is 0 Å². The third kappa shape index (κ3) is 2.59. The summed E-state index contributed by atoms with van der Waals surface area (Å²) in [7, 11) is 0. The second kappa shape index (κ2) is 4.93. The molecular weight excluding hydrogens is 206 g/mol. The van der Waals surface area contributed by atoms with Crippen LogP contribution in [0.4, 0.5) is 0 Å². The van der Waals surface area contributed by atoms with Crippen molar-refractivity contribution in [1.29, 1.82) is 0 Å². The lowest BCUT2D eigenvalue weighted by atomic mass is 10.1. The summed E-state index contributed by atoms with van der Waals surface area (Å²) in [6.07, 6.45) is -1.95. The fourth-order valence-corrected chi connectivity index (χ4v) is 2.02. The minimum Gasteiger partial charge on any atom is -0.389 e. The SMILES string of the molecule is OC(CN1CC(O)C(O)C1)c1ccccc1. The third-order valence-corrected chi connectivity index (χ3v) is 2.95. The quantitative estimate of drug-likeness (QED) is 0.661. The first kappa shape index (κ1) is 11.5. The molecule has 3 atom stereocenters. The zero-order valence-corrected chi connectivity index (χ0v) is 9.03. The van der Waals surface area contributed by atoms with Crippen LogP contribution in [0.15, 0.2) is 30.3 Å². The second-order valence-electron chi connectivity index (χ2n) is 4.28. The van der Waals surface area contributed by atoms with E-state index in [0.717, 1.165) is 5.56 Å². The number of likely N-dealkylation sites (tertiary alicyclic amines) is 1. The molecule has 0 aromatic heterocycles. The molecule has 88 valence electrons. The van der Waals surface area contributed by atoms with E-state index in [1.807, 2.05) is 35.2 Å². The Bertz CT molecular complexity index is 320. The number of aliphatic hydroxyl groups is 3. The van der Waals surface area contributed by atoms with Gasteiger partial charge in [-0.2, -0.15) is 0 Å². The molecule has 1 aliphatic rings. The van der Waals surface area contributed by atoms with Crippen LogP contribution < -0.4 is 0 Å². The van der Waals surface area contributed by atoms with Crippen molar-refractivity contribution in [1.82, 2.24) is 4.90 Å². The number of hydrogen-bond acceptors (Lipinski definition) is 4. The fourth-order valence-electron chi connectivity index (χ4n) is 2.02. The maximum absolute atomic E-state index is 9.95. The van der Waals surface area contributed by atoms with Crippen molar-refractivity contribution < 1.29 is 15.3 Å². The standard InChI is InChI=1S/C12H17NO3/c14-10(9-4-2-1-3-5-9)6-13-7-11(15)12(16)8-13/h1-5,10-12,14-16H,6-8H2. The van der Waals surface area contributed by atoms with Crippen molar-refractivity contribution in [3.8, 4) is 0 Å². The van der Waals surface area contributed by atoms with Crippen molar-refractivity contribution in [3.05, 3.63) is 35.9 Å². The van der Waals surface area contributed by atoms with Gasteiger partial charge >= 0.3 is 0 Å². The van der Waals surface area contributed by atoms with Crippen LogP contribution in [0, 0.1) is 0 Å². The molecule has 4 heteroatoms. The summed E-state index contributed by atoms with van der Waals surface area (Å²) in [4.78, 5) is 1.87. The van der Waals surface area contributed by atoms with E-state index in [4.69, 9.17) is 0 Å². The van der Waals surface area contributed by atoms with E-state index in [1.165, 1.54) is 0 Å². The molecule has 0 bridgehead atoms. The Balaban J connectivity index is 1.91. The topological polar surface area (TPSA) is 63.9 Å². The monoisotopic (exact) mass is 223 g/mol. The van der Waals surface area contributed by atoms with Gasteiger partial charge in [0.25, 0.3) is 0 Å². The molecular formula is C12H17NO3. The van der Waals surface area contributed by atoms with Gasteiger partial charge in [-0.15, -0.1) is 0 Å². The van der Waals surface area contributed by atoms with E-state index < -0.39 is 18.3 Å². The molecule has 1 aromatic carbocycles. The van der Waals surface area contributed by atoms with Crippen LogP contribution in [0.5, 0.6) is 0 Å². The number of hydrogen-bond donors (Lipinski definition) is 3. The number of nitrogens with zero attached hydrogens (tertiary/aromatic N) is 1. The highest BCUT2D eigenvalue weighted by molar-refractivity contribution is 5.17. The molecule has 3 unspecified atom stereocenters. The van der Waals surface area contributed by atoms with Crippen LogP contribution in [0.1, 0.15) is 11.7 Å². The maximum Gasteiger partial charge on any atom is 0.0938 e. The molecule has 1 aliphatic heterocycles. The molecule has 1 fully saturated rings. The van der Waals surface area contributed by atoms with Crippen molar-refractivity contribution in [2.75, 3.05) is 19.6 Å². The average Bonchev–Trinajstić information content (AvgIpc) is 2.59. The molecule has 3 N–H and O–H groups in total. The maximum atomic E-state index is 9.95. The first-order valence-corrected chi connectivity index (χ1v) is 5.48. The number of β-amino-alcohol motifs (C(OH)–C–C–N with tert-alkyl or cyclic N) is 3. The van der Waals surface area contributed by atoms with Gasteiger partial charge in [0, 0.05) is 19.6 Å². The predicted molar refractivity (Wildman–Crippen MR) is 59.9 cm³/mol. The third-order valence-electron chi connectivity index (χ3n) is 2.95. The summed E-state index contributed by atoms with van der Waals surface area (Å²) in [5.41, 5.74) is 0.860. The van der Waals surface area contributed by atoms with Crippen LogP contribution in [0.3, 0.4) is 0 Å². The molecule has 0 amide bonds. The van der Waals surface area contributed by atoms with Gasteiger partial charge in [0.15, 0.2) is 0 Å². The number of benzene rings is 1. The lowest BCUT2D eigenvalue weighted by Crippen LogP contribution is -2.27. The van der Waals surface area contributed by atoms with Crippen molar-refractivity contribution >= 4 is 0 Å². The molecule has 1 heterocycles. The Morgan fingerprint density at radius 2 is 1.69 bits per heavy atom. The van der Waals surface area contributed by atoms with Gasteiger partial charge in [-0.25, -0.2) is 0 Å². The molecule has 16 heavy (non-hydrogen) atoms. The second-order valence-corrected chi connectivity index (χ2v) is 4.28. The molecule has 2 rings (SSSR count). The van der Waals surface area contributed by atoms with Crippen LogP contribution in [0.25, 0.3) is 0 Å². The van der Waals surface area contributed by atoms with E-state index in [0.29, 0.717) is 19.6 Å². The van der Waals surface area contributed by atoms with Crippen LogP contribution >= 0.6 is 0 Å². The van der Waals surface area contributed by atoms with Gasteiger partial charge in [-0.3, -0.25) is 4.90 Å². The van der Waals surface area contributed by atoms with Gasteiger partial charge < -0.3 is 15.3 Å². The highest BCUT2D eigenvalue weighted by atomic mass is 16.3. The Morgan fingerprint density at radius 3 is 2.25 bits per heavy atom. The molecule has 1 aromatic rings. The lowest BCUT2D eigenvalue weighted by Gasteiger charge is -2.19. The first-order chi connectivity index (χ1) is 7.66. The largest absolute Gasteiger partial charge is 0.389 e. The minimum absolute atomic E-state index is 0.422. The zero-order chi connectivity index (χ0) is 11.5. The molecule has 0 spiro atoms. The summed E-state index contributed by atoms with van der Waals surface area (Å²) < 4.78 is 0. The van der Waals surface area contributed by atoms with Crippen molar-refractivity contribution in [2.24, 2.45) is 0 Å². The normalized spacial score (nSPS) is 28.2. The van der Waals surface area contributed by atoms with Crippen LogP contribution in [0.2, 0.25) is 0 Å². The van der Waals surface area contributed by atoms with Gasteiger partial charge in [-0.1, -0.05) is 30.3 Å². The lowest BCUT2D eigenvalue weighted by molar-refractivity contribution is 0.0572. The molecule has 0 aliphatic carbocycles. The Kier molecular flexibility index (Phi) is 3.56. The summed E-state index contributed by atoms with van der Waals surface area (Å²) in [6, 6.07) is 9.40. The highest BCUT2D eigenvalue weighted by Crippen LogP contribution is 2.17. The van der Waals surface area contributed by atoms with E-state index in [-0.39, 0.29) is 0 Å². The molecule has 0 radical (unpaired) electrons. The number of aliphatic hydroxyl groups excluding tert-OH is 3. The Labute approximate surface area is 94.8 Å². The van der Waals surface area contributed by atoms with Gasteiger partial charge in [0.05, 0.1) is 18.3 Å². The first-order valence-electron chi connectivity index (χ1n) is 5.48. The summed E-state index contributed by atoms with van der Waals surface area (Å²) in [5.74, 6) is 0. The van der Waals surface area contributed by atoms with Crippen molar-refractivity contribution in [3.63, 3.8) is 0 Å². The predicted octanol–water partition coefficient (Wildman–Crippen LogP) is -0.243. The molecule has 1 saturated heterocycles. The van der Waals surface area contributed by atoms with Crippen LogP contribution in [-0.4, -0.2) is 52.1 Å². The van der Waals surface area contributed by atoms with E-state index >= 15 is 0 Å². The Morgan fingerprint density at radius 1 is 1.12 bits per heavy atom. The van der Waals surface area contributed by atoms with Gasteiger partial charge in [0.2, 0.25) is 0 Å². The van der Waals surface area contributed by atoms with Crippen LogP contribution in [-0.2, 0) is 0 Å². The minimum atomic E-state index is -0.692. The van der Waals surface area contributed by atoms with E-state index in [1.54, 1.807) is 0 Å². The Hall–Kier alpha value is -0.940. The number of rotatable bonds is 3. The average molecular weight is 223 g/mol. The fraction of sp³-hybridized carbons (Fsp3) is 0.500. The summed E-state index contributed by atoms with van der Waals surface area (Å²) >= 11 is 0. The summed E-state index contributed by atoms with van der Waals surface area (Å²) in [6.45, 7) is 1.29. The van der Waals surface area contributed by atoms with Gasteiger partial charge in [-0.05, 0) is 5.56 Å². The highest BCUT2D eigenvalue weighted by Gasteiger charge is 2.30. The summed E-state index contributed by atoms with van der Waals surface area (Å²) in [5, 5.41) is 28.7. The molecule has 0 saturated carbocycles. The van der Waals surface area contributed by atoms with Gasteiger partial charge in [0.1, 0.15) is 0 Å². The zero-order valence-electron chi connectivity index (χ0n) is 9.03. The smallest absolute Gasteiger partial charge is 0.0938 e. The molecule has 4 nitrogen and oxygen atoms in total. The van der Waals surface area contributed by atoms with Crippen molar-refractivity contribution in [2.45, 2.75) is 18.3 Å². The van der Waals surface area contributed by atoms with E-state index in [9.17, 15) is 15.3 Å².